The monoisotopic (exact) mass is 341 g/mol. The molecule has 0 amide bonds. The third-order valence-corrected chi connectivity index (χ3v) is 3.19. The first-order valence-corrected chi connectivity index (χ1v) is 6.92. The summed E-state index contributed by atoms with van der Waals surface area (Å²) in [6.45, 7) is -0.120. The molecule has 1 aromatic heterocycles. The zero-order valence-electron chi connectivity index (χ0n) is 12.8. The number of carbonyl (C=O) groups is 1. The Kier molecular flexibility index (Phi) is 5.28. The average Bonchev–Trinajstić information content (AvgIpc) is 2.46. The Labute approximate surface area is 135 Å². The highest BCUT2D eigenvalue weighted by Crippen LogP contribution is 2.30. The summed E-state index contributed by atoms with van der Waals surface area (Å²) in [5.41, 5.74) is -0.151. The molecule has 0 aliphatic heterocycles. The van der Waals surface area contributed by atoms with E-state index in [1.54, 1.807) is 6.92 Å². The number of H-pyrrole nitrogens is 1. The number of hydrogen-bond donors (Lipinski definition) is 1. The van der Waals surface area contributed by atoms with Gasteiger partial charge in [0.15, 0.2) is 5.43 Å². The van der Waals surface area contributed by atoms with E-state index in [1.165, 1.54) is 25.3 Å². The number of hydrogen-bond acceptors (Lipinski definition) is 4. The molecule has 5 nitrogen and oxygen atoms in total. The second-order valence-corrected chi connectivity index (χ2v) is 5.00. The van der Waals surface area contributed by atoms with E-state index in [2.05, 4.69) is 9.72 Å². The quantitative estimate of drug-likeness (QED) is 0.847. The largest absolute Gasteiger partial charge is 0.454 e. The molecule has 24 heavy (non-hydrogen) atoms. The zero-order chi connectivity index (χ0) is 17.9. The van der Waals surface area contributed by atoms with E-state index < -0.39 is 35.7 Å². The van der Waals surface area contributed by atoms with Gasteiger partial charge in [0, 0.05) is 29.6 Å². The maximum Gasteiger partial charge on any atom is 0.387 e. The van der Waals surface area contributed by atoms with E-state index in [-0.39, 0.29) is 11.1 Å². The lowest BCUT2D eigenvalue weighted by atomic mass is 10.1. The normalized spacial score (nSPS) is 12.1. The van der Waals surface area contributed by atoms with Gasteiger partial charge >= 0.3 is 12.6 Å². The van der Waals surface area contributed by atoms with Crippen LogP contribution in [0, 0.1) is 12.7 Å². The molecular formula is C16H14F3NO4. The fourth-order valence-electron chi connectivity index (χ4n) is 2.06. The molecule has 0 aliphatic rings. The minimum atomic E-state index is -3.16. The van der Waals surface area contributed by atoms with Crippen LogP contribution >= 0.6 is 0 Å². The van der Waals surface area contributed by atoms with Crippen LogP contribution in [0.25, 0.3) is 0 Å². The number of aryl methyl sites for hydroxylation is 1. The fraction of sp³-hybridized carbons (Fsp3) is 0.250. The zero-order valence-corrected chi connectivity index (χ0v) is 12.8. The van der Waals surface area contributed by atoms with Gasteiger partial charge < -0.3 is 14.5 Å². The molecule has 8 heteroatoms. The molecule has 1 atom stereocenters. The molecule has 0 saturated carbocycles. The Bertz CT molecular complexity index is 804. The van der Waals surface area contributed by atoms with Crippen molar-refractivity contribution in [3.63, 3.8) is 0 Å². The molecule has 0 saturated heterocycles. The summed E-state index contributed by atoms with van der Waals surface area (Å²) in [5.74, 6) is -2.15. The number of rotatable bonds is 5. The van der Waals surface area contributed by atoms with Crippen molar-refractivity contribution in [3.05, 3.63) is 63.3 Å². The van der Waals surface area contributed by atoms with Gasteiger partial charge in [0.1, 0.15) is 23.2 Å². The van der Waals surface area contributed by atoms with Gasteiger partial charge in [-0.25, -0.2) is 9.18 Å². The summed E-state index contributed by atoms with van der Waals surface area (Å²) in [7, 11) is 0. The highest BCUT2D eigenvalue weighted by molar-refractivity contribution is 5.89. The van der Waals surface area contributed by atoms with E-state index in [0.717, 1.165) is 12.1 Å². The number of halogens is 3. The number of benzene rings is 1. The minimum absolute atomic E-state index is 0.0496. The van der Waals surface area contributed by atoms with Crippen LogP contribution in [0.2, 0.25) is 0 Å². The van der Waals surface area contributed by atoms with Crippen LogP contribution in [0.5, 0.6) is 5.75 Å². The standard InChI is InChI=1S/C16H14F3NO4/c1-8-5-13(21)12(7-20-8)15(22)23-9(2)11-4-3-10(17)6-14(11)24-16(18)19/h3-7,9,16H,1-2H3,(H,20,21). The second-order valence-electron chi connectivity index (χ2n) is 5.00. The van der Waals surface area contributed by atoms with Crippen LogP contribution in [0.15, 0.2) is 35.3 Å². The number of aromatic nitrogens is 1. The van der Waals surface area contributed by atoms with Crippen molar-refractivity contribution in [2.24, 2.45) is 0 Å². The van der Waals surface area contributed by atoms with Crippen molar-refractivity contribution in [1.29, 1.82) is 0 Å². The molecule has 2 aromatic rings. The molecule has 0 radical (unpaired) electrons. The first kappa shape index (κ1) is 17.6. The lowest BCUT2D eigenvalue weighted by Gasteiger charge is -2.17. The van der Waals surface area contributed by atoms with Gasteiger partial charge in [-0.2, -0.15) is 8.78 Å². The van der Waals surface area contributed by atoms with E-state index in [0.29, 0.717) is 5.69 Å². The first-order valence-electron chi connectivity index (χ1n) is 6.92. The average molecular weight is 341 g/mol. The molecule has 2 rings (SSSR count). The van der Waals surface area contributed by atoms with E-state index in [1.807, 2.05) is 0 Å². The fourth-order valence-corrected chi connectivity index (χ4v) is 2.06. The van der Waals surface area contributed by atoms with Crippen LogP contribution in [-0.4, -0.2) is 17.6 Å². The molecule has 0 aliphatic carbocycles. The molecule has 0 bridgehead atoms. The van der Waals surface area contributed by atoms with Gasteiger partial charge in [-0.15, -0.1) is 0 Å². The van der Waals surface area contributed by atoms with Crippen molar-refractivity contribution in [2.45, 2.75) is 26.6 Å². The van der Waals surface area contributed by atoms with Gasteiger partial charge in [0.2, 0.25) is 0 Å². The number of aromatic amines is 1. The summed E-state index contributed by atoms with van der Waals surface area (Å²) in [6, 6.07) is 4.19. The molecule has 0 fully saturated rings. The number of esters is 1. The first-order chi connectivity index (χ1) is 11.3. The van der Waals surface area contributed by atoms with Crippen LogP contribution in [0.1, 0.15) is 34.6 Å². The van der Waals surface area contributed by atoms with Crippen LogP contribution < -0.4 is 10.2 Å². The maximum absolute atomic E-state index is 13.2. The predicted molar refractivity (Wildman–Crippen MR) is 78.7 cm³/mol. The number of nitrogens with one attached hydrogen (secondary N) is 1. The third kappa shape index (κ3) is 4.15. The minimum Gasteiger partial charge on any atom is -0.454 e. The molecule has 0 spiro atoms. The molecular weight excluding hydrogens is 327 g/mol. The molecule has 1 N–H and O–H groups in total. The van der Waals surface area contributed by atoms with Gasteiger partial charge in [-0.1, -0.05) is 0 Å². The van der Waals surface area contributed by atoms with Gasteiger partial charge in [0.25, 0.3) is 0 Å². The van der Waals surface area contributed by atoms with Crippen molar-refractivity contribution in [3.8, 4) is 5.75 Å². The number of carbonyl (C=O) groups excluding carboxylic acids is 1. The highest BCUT2D eigenvalue weighted by Gasteiger charge is 2.21. The highest BCUT2D eigenvalue weighted by atomic mass is 19.3. The second kappa shape index (κ2) is 7.20. The van der Waals surface area contributed by atoms with Crippen LogP contribution in [0.4, 0.5) is 13.2 Å². The van der Waals surface area contributed by atoms with E-state index in [9.17, 15) is 22.8 Å². The Balaban J connectivity index is 2.24. The Morgan fingerprint density at radius 2 is 1.96 bits per heavy atom. The van der Waals surface area contributed by atoms with Crippen molar-refractivity contribution >= 4 is 5.97 Å². The molecule has 1 unspecified atom stereocenters. The van der Waals surface area contributed by atoms with Gasteiger partial charge in [-0.3, -0.25) is 4.79 Å². The smallest absolute Gasteiger partial charge is 0.387 e. The summed E-state index contributed by atoms with van der Waals surface area (Å²) in [5, 5.41) is 0. The summed E-state index contributed by atoms with van der Waals surface area (Å²) >= 11 is 0. The Morgan fingerprint density at radius 3 is 2.58 bits per heavy atom. The van der Waals surface area contributed by atoms with Crippen molar-refractivity contribution in [2.75, 3.05) is 0 Å². The molecule has 1 heterocycles. The molecule has 1 aromatic carbocycles. The Hall–Kier alpha value is -2.77. The van der Waals surface area contributed by atoms with Crippen LogP contribution in [-0.2, 0) is 4.74 Å². The lowest BCUT2D eigenvalue weighted by Crippen LogP contribution is -2.19. The number of ether oxygens (including phenoxy) is 2. The topological polar surface area (TPSA) is 68.4 Å². The van der Waals surface area contributed by atoms with Gasteiger partial charge in [-0.05, 0) is 26.0 Å². The summed E-state index contributed by atoms with van der Waals surface area (Å²) in [4.78, 5) is 26.5. The summed E-state index contributed by atoms with van der Waals surface area (Å²) < 4.78 is 47.4. The van der Waals surface area contributed by atoms with E-state index in [4.69, 9.17) is 4.74 Å². The molecule has 128 valence electrons. The predicted octanol–water partition coefficient (Wildman–Crippen LogP) is 3.34. The van der Waals surface area contributed by atoms with Gasteiger partial charge in [0.05, 0.1) is 0 Å². The van der Waals surface area contributed by atoms with Crippen molar-refractivity contribution in [1.82, 2.24) is 4.98 Å². The van der Waals surface area contributed by atoms with Crippen molar-refractivity contribution < 1.29 is 27.4 Å². The number of alkyl halides is 2. The van der Waals surface area contributed by atoms with Crippen LogP contribution in [0.3, 0.4) is 0 Å². The Morgan fingerprint density at radius 1 is 1.25 bits per heavy atom. The van der Waals surface area contributed by atoms with E-state index >= 15 is 0 Å². The third-order valence-electron chi connectivity index (χ3n) is 3.19. The number of pyridine rings is 1. The lowest BCUT2D eigenvalue weighted by molar-refractivity contribution is -0.0518. The summed E-state index contributed by atoms with van der Waals surface area (Å²) in [6.07, 6.45) is 0.168. The maximum atomic E-state index is 13.2. The SMILES string of the molecule is Cc1cc(=O)c(C(=O)OC(C)c2ccc(F)cc2OC(F)F)c[nH]1.